The molecule has 0 saturated carbocycles. The average Bonchev–Trinajstić information content (AvgIpc) is 3.40. The van der Waals surface area contributed by atoms with E-state index in [1.807, 2.05) is 33.8 Å². The number of nitrogens with one attached hydrogen (secondary N) is 1. The largest absolute Gasteiger partial charge is 0.444 e. The number of carbonyl (C=O) groups excluding carboxylic acids is 1. The molecule has 0 bridgehead atoms. The predicted octanol–water partition coefficient (Wildman–Crippen LogP) is 7.20. The molecule has 176 valence electrons. The van der Waals surface area contributed by atoms with E-state index in [1.54, 1.807) is 34.0 Å². The fourth-order valence-corrected chi connectivity index (χ4v) is 5.91. The average molecular weight is 497 g/mol. The first-order valence-electron chi connectivity index (χ1n) is 11.1. The van der Waals surface area contributed by atoms with Gasteiger partial charge in [-0.1, -0.05) is 6.08 Å². The molecular formula is C25H25FN4O2S2. The van der Waals surface area contributed by atoms with Crippen molar-refractivity contribution in [1.82, 2.24) is 14.9 Å². The maximum Gasteiger partial charge on any atom is 0.410 e. The lowest BCUT2D eigenvalue weighted by Gasteiger charge is -2.35. The zero-order valence-corrected chi connectivity index (χ0v) is 21.0. The van der Waals surface area contributed by atoms with Crippen molar-refractivity contribution >= 4 is 66.1 Å². The third-order valence-corrected chi connectivity index (χ3v) is 7.57. The number of pyridine rings is 1. The van der Waals surface area contributed by atoms with Crippen LogP contribution in [-0.4, -0.2) is 39.1 Å². The van der Waals surface area contributed by atoms with Crippen molar-refractivity contribution in [2.24, 2.45) is 0 Å². The molecule has 0 spiro atoms. The van der Waals surface area contributed by atoms with Crippen LogP contribution in [-0.2, 0) is 4.74 Å². The number of aromatic nitrogens is 2. The molecule has 0 aliphatic carbocycles. The summed E-state index contributed by atoms with van der Waals surface area (Å²) >= 11 is 2.98. The number of hydrogen-bond acceptors (Lipinski definition) is 7. The Balaban J connectivity index is 1.45. The van der Waals surface area contributed by atoms with Gasteiger partial charge in [0.2, 0.25) is 0 Å². The Kier molecular flexibility index (Phi) is 5.77. The van der Waals surface area contributed by atoms with Gasteiger partial charge in [0.25, 0.3) is 0 Å². The SMILES string of the molecule is C[C@@H]1C(c2cc3c(Nc4cc5ncsc5cc4F)ccnc3s2)=CCCN1C(=O)OC(C)(C)C. The predicted molar refractivity (Wildman–Crippen MR) is 137 cm³/mol. The van der Waals surface area contributed by atoms with Crippen LogP contribution in [0.4, 0.5) is 20.6 Å². The monoisotopic (exact) mass is 496 g/mol. The van der Waals surface area contributed by atoms with Crippen molar-refractivity contribution in [3.8, 4) is 0 Å². The van der Waals surface area contributed by atoms with Crippen LogP contribution < -0.4 is 5.32 Å². The molecule has 1 atom stereocenters. The molecule has 1 amide bonds. The van der Waals surface area contributed by atoms with Gasteiger partial charge < -0.3 is 15.0 Å². The van der Waals surface area contributed by atoms with E-state index < -0.39 is 5.60 Å². The molecule has 1 N–H and O–H groups in total. The number of halogens is 1. The van der Waals surface area contributed by atoms with E-state index in [1.165, 1.54) is 17.4 Å². The van der Waals surface area contributed by atoms with Crippen molar-refractivity contribution in [1.29, 1.82) is 0 Å². The highest BCUT2D eigenvalue weighted by molar-refractivity contribution is 7.19. The summed E-state index contributed by atoms with van der Waals surface area (Å²) in [6.45, 7) is 8.25. The Morgan fingerprint density at radius 1 is 1.24 bits per heavy atom. The second-order valence-electron chi connectivity index (χ2n) is 9.26. The highest BCUT2D eigenvalue weighted by Crippen LogP contribution is 2.38. The van der Waals surface area contributed by atoms with Gasteiger partial charge in [0, 0.05) is 23.0 Å². The van der Waals surface area contributed by atoms with Crippen molar-refractivity contribution in [2.45, 2.75) is 45.8 Å². The van der Waals surface area contributed by atoms with E-state index in [-0.39, 0.29) is 18.0 Å². The standard InChI is InChI=1S/C25H25FN4O2S2/c1-14-15(6-5-9-30(14)24(31)32-25(2,3)4)21-10-16-18(7-8-27-23(16)34-21)29-19-12-20-22(11-17(19)26)33-13-28-20/h6-8,10-14H,5,9H2,1-4H3,(H,27,29)/t14-/m1/s1. The number of fused-ring (bicyclic) bond motifs is 2. The number of rotatable bonds is 3. The minimum atomic E-state index is -0.545. The van der Waals surface area contributed by atoms with Crippen LogP contribution in [0.2, 0.25) is 0 Å². The normalized spacial score (nSPS) is 16.7. The maximum absolute atomic E-state index is 14.7. The van der Waals surface area contributed by atoms with Gasteiger partial charge in [-0.25, -0.2) is 19.2 Å². The smallest absolute Gasteiger partial charge is 0.410 e. The first-order valence-corrected chi connectivity index (χ1v) is 12.8. The summed E-state index contributed by atoms with van der Waals surface area (Å²) in [4.78, 5) is 25.2. The molecule has 0 fully saturated rings. The maximum atomic E-state index is 14.7. The minimum absolute atomic E-state index is 0.127. The minimum Gasteiger partial charge on any atom is -0.444 e. The number of hydrogen-bond donors (Lipinski definition) is 1. The molecule has 5 rings (SSSR count). The van der Waals surface area contributed by atoms with Gasteiger partial charge in [-0.2, -0.15) is 0 Å². The summed E-state index contributed by atoms with van der Waals surface area (Å²) in [5, 5.41) is 4.14. The Hall–Kier alpha value is -3.04. The molecule has 1 aromatic carbocycles. The van der Waals surface area contributed by atoms with Gasteiger partial charge in [0.15, 0.2) is 0 Å². The molecule has 1 aliphatic heterocycles. The molecule has 4 heterocycles. The third-order valence-electron chi connectivity index (χ3n) is 5.69. The Morgan fingerprint density at radius 2 is 2.06 bits per heavy atom. The van der Waals surface area contributed by atoms with Crippen LogP contribution in [0.1, 0.15) is 39.0 Å². The summed E-state index contributed by atoms with van der Waals surface area (Å²) < 4.78 is 21.1. The number of nitrogens with zero attached hydrogens (tertiary/aromatic N) is 3. The molecule has 0 saturated heterocycles. The summed E-state index contributed by atoms with van der Waals surface area (Å²) in [5.41, 5.74) is 4.14. The lowest BCUT2D eigenvalue weighted by atomic mass is 10.00. The molecule has 4 aromatic rings. The van der Waals surface area contributed by atoms with E-state index in [2.05, 4.69) is 27.4 Å². The molecule has 6 nitrogen and oxygen atoms in total. The third kappa shape index (κ3) is 4.37. The summed E-state index contributed by atoms with van der Waals surface area (Å²) in [5.74, 6) is -0.325. The van der Waals surface area contributed by atoms with Crippen LogP contribution in [0.25, 0.3) is 26.0 Å². The van der Waals surface area contributed by atoms with E-state index in [0.29, 0.717) is 12.2 Å². The molecule has 34 heavy (non-hydrogen) atoms. The molecular weight excluding hydrogens is 471 g/mol. The van der Waals surface area contributed by atoms with Gasteiger partial charge in [-0.15, -0.1) is 22.7 Å². The zero-order chi connectivity index (χ0) is 24.0. The van der Waals surface area contributed by atoms with Gasteiger partial charge in [0.05, 0.1) is 33.1 Å². The van der Waals surface area contributed by atoms with E-state index in [4.69, 9.17) is 4.74 Å². The molecule has 3 aromatic heterocycles. The highest BCUT2D eigenvalue weighted by atomic mass is 32.1. The van der Waals surface area contributed by atoms with Crippen molar-refractivity contribution < 1.29 is 13.9 Å². The van der Waals surface area contributed by atoms with E-state index >= 15 is 0 Å². The number of carbonyl (C=O) groups is 1. The van der Waals surface area contributed by atoms with E-state index in [9.17, 15) is 9.18 Å². The van der Waals surface area contributed by atoms with Crippen molar-refractivity contribution in [3.63, 3.8) is 0 Å². The van der Waals surface area contributed by atoms with Crippen LogP contribution in [0, 0.1) is 5.82 Å². The van der Waals surface area contributed by atoms with Gasteiger partial charge in [0.1, 0.15) is 16.2 Å². The number of benzene rings is 1. The molecule has 1 aliphatic rings. The molecule has 0 radical (unpaired) electrons. The summed E-state index contributed by atoms with van der Waals surface area (Å²) in [6, 6.07) is 7.01. The number of amides is 1. The Labute approximate surface area is 205 Å². The molecule has 9 heteroatoms. The highest BCUT2D eigenvalue weighted by Gasteiger charge is 2.31. The fourth-order valence-electron chi connectivity index (χ4n) is 4.08. The van der Waals surface area contributed by atoms with E-state index in [0.717, 1.165) is 43.0 Å². The number of thiophene rings is 1. The Bertz CT molecular complexity index is 1420. The first-order chi connectivity index (χ1) is 16.2. The second-order valence-corrected chi connectivity index (χ2v) is 11.2. The van der Waals surface area contributed by atoms with Gasteiger partial charge in [-0.05, 0) is 64.0 Å². The van der Waals surface area contributed by atoms with Crippen LogP contribution in [0.5, 0.6) is 0 Å². The van der Waals surface area contributed by atoms with Gasteiger partial charge >= 0.3 is 6.09 Å². The van der Waals surface area contributed by atoms with Crippen LogP contribution >= 0.6 is 22.7 Å². The van der Waals surface area contributed by atoms with Crippen LogP contribution in [0.3, 0.4) is 0 Å². The summed E-state index contributed by atoms with van der Waals surface area (Å²) in [7, 11) is 0. The lowest BCUT2D eigenvalue weighted by Crippen LogP contribution is -2.44. The summed E-state index contributed by atoms with van der Waals surface area (Å²) in [6.07, 6.45) is 4.35. The zero-order valence-electron chi connectivity index (χ0n) is 19.4. The van der Waals surface area contributed by atoms with Crippen molar-refractivity contribution in [3.05, 3.63) is 52.7 Å². The second kappa shape index (κ2) is 8.63. The first kappa shape index (κ1) is 22.7. The number of ether oxygens (including phenoxy) is 1. The quantitative estimate of drug-likeness (QED) is 0.325. The van der Waals surface area contributed by atoms with Gasteiger partial charge in [-0.3, -0.25) is 0 Å². The topological polar surface area (TPSA) is 67.4 Å². The molecule has 0 unspecified atom stereocenters. The van der Waals surface area contributed by atoms with Crippen LogP contribution in [0.15, 0.2) is 42.0 Å². The number of thiazole rings is 1. The fraction of sp³-hybridized carbons (Fsp3) is 0.320. The van der Waals surface area contributed by atoms with Crippen molar-refractivity contribution in [2.75, 3.05) is 11.9 Å². The number of anilines is 2. The Morgan fingerprint density at radius 3 is 2.85 bits per heavy atom. The lowest BCUT2D eigenvalue weighted by molar-refractivity contribution is 0.0214.